The van der Waals surface area contributed by atoms with Crippen molar-refractivity contribution in [2.45, 2.75) is 76.7 Å². The number of allylic oxidation sites excluding steroid dienone is 1. The quantitative estimate of drug-likeness (QED) is 0.641. The minimum Gasteiger partial charge on any atom is -0.359 e. The van der Waals surface area contributed by atoms with Gasteiger partial charge in [-0.3, -0.25) is 0 Å². The fourth-order valence-electron chi connectivity index (χ4n) is 6.16. The second kappa shape index (κ2) is 5.01. The summed E-state index contributed by atoms with van der Waals surface area (Å²) in [5.41, 5.74) is -1.18. The van der Waals surface area contributed by atoms with Gasteiger partial charge in [0.25, 0.3) is 0 Å². The molecule has 0 aromatic rings. The smallest absolute Gasteiger partial charge is 0.164 e. The topological polar surface area (TPSA) is 18.5 Å². The molecule has 130 valence electrons. The maximum atomic E-state index is 15.3. The predicted octanol–water partition coefficient (Wildman–Crippen LogP) is 5.43. The molecule has 0 unspecified atom stereocenters. The number of hydrogen-bond donors (Lipinski definition) is 0. The minimum atomic E-state index is -1.06. The van der Waals surface area contributed by atoms with E-state index in [4.69, 9.17) is 9.47 Å². The minimum absolute atomic E-state index is 0.0139. The molecule has 4 fully saturated rings. The molecule has 0 aromatic carbocycles. The lowest BCUT2D eigenvalue weighted by atomic mass is 9.41. The highest BCUT2D eigenvalue weighted by molar-refractivity contribution is 5.33. The average Bonchev–Trinajstić information content (AvgIpc) is 2.59. The van der Waals surface area contributed by atoms with Crippen LogP contribution in [0.15, 0.2) is 11.7 Å². The van der Waals surface area contributed by atoms with Crippen LogP contribution in [0.3, 0.4) is 0 Å². The van der Waals surface area contributed by atoms with Gasteiger partial charge in [-0.15, -0.1) is 0 Å². The second-order valence-electron chi connectivity index (χ2n) is 8.85. The predicted molar refractivity (Wildman–Crippen MR) is 84.1 cm³/mol. The molecule has 6 aliphatic rings. The Hall–Kier alpha value is -0.480. The van der Waals surface area contributed by atoms with Crippen molar-refractivity contribution in [2.75, 3.05) is 13.9 Å². The zero-order chi connectivity index (χ0) is 16.3. The van der Waals surface area contributed by atoms with Crippen LogP contribution in [0.5, 0.6) is 0 Å². The van der Waals surface area contributed by atoms with Crippen LogP contribution in [0.1, 0.15) is 71.1 Å². The van der Waals surface area contributed by atoms with E-state index >= 15 is 4.39 Å². The molecule has 0 saturated heterocycles. The van der Waals surface area contributed by atoms with E-state index in [2.05, 4.69) is 6.92 Å². The summed E-state index contributed by atoms with van der Waals surface area (Å²) in [6, 6.07) is 0. The van der Waals surface area contributed by atoms with Gasteiger partial charge in [-0.25, -0.2) is 8.78 Å². The molecule has 0 radical (unpaired) electrons. The zero-order valence-corrected chi connectivity index (χ0v) is 14.4. The van der Waals surface area contributed by atoms with Crippen molar-refractivity contribution in [1.82, 2.24) is 0 Å². The van der Waals surface area contributed by atoms with Crippen molar-refractivity contribution in [2.24, 2.45) is 16.2 Å². The average molecular weight is 326 g/mol. The van der Waals surface area contributed by atoms with E-state index in [9.17, 15) is 4.39 Å². The number of hydrogen-bond acceptors (Lipinski definition) is 2. The van der Waals surface area contributed by atoms with Gasteiger partial charge in [0.1, 0.15) is 18.2 Å². The van der Waals surface area contributed by atoms with Crippen LogP contribution in [0.4, 0.5) is 8.78 Å². The summed E-state index contributed by atoms with van der Waals surface area (Å²) in [5, 5.41) is 0. The maximum Gasteiger partial charge on any atom is 0.164 e. The molecule has 6 rings (SSSR count). The first kappa shape index (κ1) is 16.0. The normalized spacial score (nSPS) is 49.0. The van der Waals surface area contributed by atoms with E-state index in [1.165, 1.54) is 26.4 Å². The van der Waals surface area contributed by atoms with Crippen molar-refractivity contribution in [3.63, 3.8) is 0 Å². The van der Waals surface area contributed by atoms with Crippen LogP contribution in [0, 0.1) is 16.2 Å². The highest BCUT2D eigenvalue weighted by atomic mass is 19.2. The SMILES string of the molecule is COCOC12CCC(C34CCC(C)(CC3)CC4)(CC1)C(F)=C2F. The van der Waals surface area contributed by atoms with E-state index in [-0.39, 0.29) is 12.2 Å². The summed E-state index contributed by atoms with van der Waals surface area (Å²) in [4.78, 5) is 0. The molecule has 0 amide bonds. The van der Waals surface area contributed by atoms with Crippen LogP contribution in [-0.2, 0) is 9.47 Å². The molecule has 4 bridgehead atoms. The number of methoxy groups -OCH3 is 1. The van der Waals surface area contributed by atoms with Crippen molar-refractivity contribution in [1.29, 1.82) is 0 Å². The molecule has 0 atom stereocenters. The number of halogens is 2. The molecule has 2 nitrogen and oxygen atoms in total. The maximum absolute atomic E-state index is 15.3. The third-order valence-corrected chi connectivity index (χ3v) is 8.01. The first-order chi connectivity index (χ1) is 10.9. The van der Waals surface area contributed by atoms with Gasteiger partial charge in [-0.2, -0.15) is 0 Å². The Morgan fingerprint density at radius 3 is 1.91 bits per heavy atom. The summed E-state index contributed by atoms with van der Waals surface area (Å²) < 4.78 is 40.8. The number of rotatable bonds is 4. The molecule has 4 heteroatoms. The Kier molecular flexibility index (Phi) is 3.49. The molecule has 23 heavy (non-hydrogen) atoms. The standard InChI is InChI=1S/C19H28F2O2/c1-16-3-6-17(7-4-16,8-5-16)18-9-11-19(12-10-18,23-13-22-2)15(21)14(18)20/h3-13H2,1-2H3. The van der Waals surface area contributed by atoms with Gasteiger partial charge in [0.05, 0.1) is 0 Å². The third kappa shape index (κ3) is 1.97. The molecule has 0 spiro atoms. The van der Waals surface area contributed by atoms with E-state index in [0.29, 0.717) is 18.3 Å². The second-order valence-corrected chi connectivity index (χ2v) is 8.85. The van der Waals surface area contributed by atoms with E-state index in [1.807, 2.05) is 0 Å². The van der Waals surface area contributed by atoms with Gasteiger partial charge in [0.2, 0.25) is 0 Å². The van der Waals surface area contributed by atoms with Gasteiger partial charge < -0.3 is 9.47 Å². The van der Waals surface area contributed by atoms with Gasteiger partial charge in [0.15, 0.2) is 5.83 Å². The highest BCUT2D eigenvalue weighted by Gasteiger charge is 2.66. The summed E-state index contributed by atoms with van der Waals surface area (Å²) in [6.07, 6.45) is 9.36. The fraction of sp³-hybridized carbons (Fsp3) is 0.895. The Balaban J connectivity index is 1.69. The van der Waals surface area contributed by atoms with Crippen LogP contribution >= 0.6 is 0 Å². The van der Waals surface area contributed by atoms with Crippen molar-refractivity contribution in [3.8, 4) is 0 Å². The number of fused-ring (bicyclic) bond motifs is 5. The summed E-state index contributed by atoms with van der Waals surface area (Å²) in [7, 11) is 1.52. The summed E-state index contributed by atoms with van der Waals surface area (Å²) in [6.45, 7) is 2.39. The van der Waals surface area contributed by atoms with Gasteiger partial charge in [-0.1, -0.05) is 6.92 Å². The Bertz CT molecular complexity index is 507. The molecule has 6 aliphatic carbocycles. The van der Waals surface area contributed by atoms with Crippen molar-refractivity contribution >= 4 is 0 Å². The van der Waals surface area contributed by atoms with Crippen LogP contribution in [-0.4, -0.2) is 19.5 Å². The molecule has 0 heterocycles. The molecule has 0 N–H and O–H groups in total. The Morgan fingerprint density at radius 1 is 0.826 bits per heavy atom. The van der Waals surface area contributed by atoms with Gasteiger partial charge in [0, 0.05) is 12.5 Å². The Labute approximate surface area is 137 Å². The molecular formula is C19H28F2O2. The van der Waals surface area contributed by atoms with E-state index in [0.717, 1.165) is 32.1 Å². The third-order valence-electron chi connectivity index (χ3n) is 8.01. The Morgan fingerprint density at radius 2 is 1.39 bits per heavy atom. The van der Waals surface area contributed by atoms with Crippen LogP contribution < -0.4 is 0 Å². The largest absolute Gasteiger partial charge is 0.359 e. The molecule has 0 aromatic heterocycles. The van der Waals surface area contributed by atoms with Gasteiger partial charge >= 0.3 is 0 Å². The summed E-state index contributed by atoms with van der Waals surface area (Å²) >= 11 is 0. The van der Waals surface area contributed by atoms with Crippen LogP contribution in [0.2, 0.25) is 0 Å². The lowest BCUT2D eigenvalue weighted by Gasteiger charge is -2.64. The lowest BCUT2D eigenvalue weighted by molar-refractivity contribution is -0.188. The van der Waals surface area contributed by atoms with Crippen LogP contribution in [0.25, 0.3) is 0 Å². The zero-order valence-electron chi connectivity index (χ0n) is 14.4. The number of ether oxygens (including phenoxy) is 2. The molecule has 0 aliphatic heterocycles. The van der Waals surface area contributed by atoms with E-state index < -0.39 is 22.7 Å². The monoisotopic (exact) mass is 326 g/mol. The molecular weight excluding hydrogens is 298 g/mol. The van der Waals surface area contributed by atoms with Crippen molar-refractivity contribution in [3.05, 3.63) is 11.7 Å². The first-order valence-corrected chi connectivity index (χ1v) is 9.10. The lowest BCUT2D eigenvalue weighted by Crippen LogP contribution is -2.58. The van der Waals surface area contributed by atoms with Gasteiger partial charge in [-0.05, 0) is 75.0 Å². The molecule has 4 saturated carbocycles. The van der Waals surface area contributed by atoms with E-state index in [1.54, 1.807) is 0 Å². The van der Waals surface area contributed by atoms with Crippen molar-refractivity contribution < 1.29 is 18.3 Å². The fourth-order valence-corrected chi connectivity index (χ4v) is 6.16. The first-order valence-electron chi connectivity index (χ1n) is 9.10. The highest BCUT2D eigenvalue weighted by Crippen LogP contribution is 2.72. The summed E-state index contributed by atoms with van der Waals surface area (Å²) in [5.74, 6) is -1.10.